The van der Waals surface area contributed by atoms with Gasteiger partial charge >= 0.3 is 0 Å². The molecular weight excluding hydrogens is 230 g/mol. The number of morpholine rings is 1. The molecule has 2 fully saturated rings. The summed E-state index contributed by atoms with van der Waals surface area (Å²) < 4.78 is 10.8. The van der Waals surface area contributed by atoms with E-state index in [1.807, 2.05) is 11.8 Å². The van der Waals surface area contributed by atoms with Crippen LogP contribution >= 0.6 is 11.6 Å². The molecule has 4 nitrogen and oxygen atoms in total. The Kier molecular flexibility index (Phi) is 4.05. The largest absolute Gasteiger partial charge is 0.381 e. The zero-order valence-corrected chi connectivity index (χ0v) is 10.3. The van der Waals surface area contributed by atoms with Crippen molar-refractivity contribution in [3.63, 3.8) is 0 Å². The SMILES string of the molecule is CC1COC(CCl)CN1C(=O)C1CCOC1. The van der Waals surface area contributed by atoms with Crippen LogP contribution in [0, 0.1) is 5.92 Å². The highest BCUT2D eigenvalue weighted by molar-refractivity contribution is 6.18. The smallest absolute Gasteiger partial charge is 0.228 e. The lowest BCUT2D eigenvalue weighted by Crippen LogP contribution is -2.53. The van der Waals surface area contributed by atoms with Gasteiger partial charge in [-0.2, -0.15) is 0 Å². The lowest BCUT2D eigenvalue weighted by atomic mass is 10.1. The van der Waals surface area contributed by atoms with Gasteiger partial charge in [0, 0.05) is 13.2 Å². The van der Waals surface area contributed by atoms with E-state index in [9.17, 15) is 4.79 Å². The summed E-state index contributed by atoms with van der Waals surface area (Å²) in [5, 5.41) is 0. The molecule has 2 aliphatic heterocycles. The molecule has 1 amide bonds. The lowest BCUT2D eigenvalue weighted by molar-refractivity contribution is -0.147. The fourth-order valence-corrected chi connectivity index (χ4v) is 2.37. The minimum atomic E-state index is -0.0239. The van der Waals surface area contributed by atoms with Gasteiger partial charge < -0.3 is 14.4 Å². The van der Waals surface area contributed by atoms with E-state index in [1.54, 1.807) is 0 Å². The molecule has 16 heavy (non-hydrogen) atoms. The molecule has 3 atom stereocenters. The van der Waals surface area contributed by atoms with Crippen molar-refractivity contribution >= 4 is 17.5 Å². The van der Waals surface area contributed by atoms with Crippen LogP contribution in [0.25, 0.3) is 0 Å². The summed E-state index contributed by atoms with van der Waals surface area (Å²) in [6.45, 7) is 4.47. The third-order valence-corrected chi connectivity index (χ3v) is 3.58. The summed E-state index contributed by atoms with van der Waals surface area (Å²) in [5.74, 6) is 0.678. The van der Waals surface area contributed by atoms with Crippen LogP contribution in [-0.2, 0) is 14.3 Å². The van der Waals surface area contributed by atoms with Crippen LogP contribution in [0.2, 0.25) is 0 Å². The molecule has 0 aromatic heterocycles. The fraction of sp³-hybridized carbons (Fsp3) is 0.909. The normalized spacial score (nSPS) is 35.4. The summed E-state index contributed by atoms with van der Waals surface area (Å²) in [7, 11) is 0. The maximum absolute atomic E-state index is 12.2. The van der Waals surface area contributed by atoms with E-state index in [2.05, 4.69) is 0 Å². The quantitative estimate of drug-likeness (QED) is 0.680. The molecule has 0 saturated carbocycles. The van der Waals surface area contributed by atoms with E-state index in [4.69, 9.17) is 21.1 Å². The van der Waals surface area contributed by atoms with Gasteiger partial charge in [-0.25, -0.2) is 0 Å². The minimum Gasteiger partial charge on any atom is -0.381 e. The van der Waals surface area contributed by atoms with Gasteiger partial charge in [-0.3, -0.25) is 4.79 Å². The van der Waals surface area contributed by atoms with Crippen molar-refractivity contribution < 1.29 is 14.3 Å². The Morgan fingerprint density at radius 1 is 1.50 bits per heavy atom. The van der Waals surface area contributed by atoms with Crippen LogP contribution in [0.5, 0.6) is 0 Å². The van der Waals surface area contributed by atoms with Crippen molar-refractivity contribution in [1.82, 2.24) is 4.90 Å². The van der Waals surface area contributed by atoms with E-state index in [1.165, 1.54) is 0 Å². The lowest BCUT2D eigenvalue weighted by Gasteiger charge is -2.38. The standard InChI is InChI=1S/C11H18ClNO3/c1-8-6-16-10(4-12)5-13(8)11(14)9-2-3-15-7-9/h8-10H,2-7H2,1H3. The highest BCUT2D eigenvalue weighted by Crippen LogP contribution is 2.20. The third kappa shape index (κ3) is 2.50. The summed E-state index contributed by atoms with van der Waals surface area (Å²) >= 11 is 5.77. The number of amides is 1. The first-order valence-corrected chi connectivity index (χ1v) is 6.31. The molecule has 0 N–H and O–H groups in total. The van der Waals surface area contributed by atoms with Crippen LogP contribution in [0.4, 0.5) is 0 Å². The molecule has 5 heteroatoms. The van der Waals surface area contributed by atoms with Crippen LogP contribution in [-0.4, -0.2) is 55.2 Å². The third-order valence-electron chi connectivity index (χ3n) is 3.24. The number of carbonyl (C=O) groups excluding carboxylic acids is 1. The Labute approximate surface area is 101 Å². The predicted molar refractivity (Wildman–Crippen MR) is 60.6 cm³/mol. The second-order valence-corrected chi connectivity index (χ2v) is 4.82. The second kappa shape index (κ2) is 5.34. The number of carbonyl (C=O) groups is 1. The number of ether oxygens (including phenoxy) is 2. The van der Waals surface area contributed by atoms with Crippen LogP contribution in [0.15, 0.2) is 0 Å². The Balaban J connectivity index is 1.97. The van der Waals surface area contributed by atoms with Gasteiger partial charge in [-0.05, 0) is 13.3 Å². The number of nitrogens with zero attached hydrogens (tertiary/aromatic N) is 1. The number of halogens is 1. The minimum absolute atomic E-state index is 0.0239. The molecule has 2 saturated heterocycles. The second-order valence-electron chi connectivity index (χ2n) is 4.51. The number of hydrogen-bond acceptors (Lipinski definition) is 3. The Morgan fingerprint density at radius 3 is 2.94 bits per heavy atom. The van der Waals surface area contributed by atoms with Gasteiger partial charge in [-0.1, -0.05) is 0 Å². The van der Waals surface area contributed by atoms with Crippen molar-refractivity contribution in [2.24, 2.45) is 5.92 Å². The fourth-order valence-electron chi connectivity index (χ4n) is 2.18. The Morgan fingerprint density at radius 2 is 2.31 bits per heavy atom. The van der Waals surface area contributed by atoms with E-state index in [-0.39, 0.29) is 24.0 Å². The molecule has 0 aliphatic carbocycles. The number of hydrogen-bond donors (Lipinski definition) is 0. The maximum atomic E-state index is 12.2. The van der Waals surface area contributed by atoms with Crippen LogP contribution < -0.4 is 0 Å². The van der Waals surface area contributed by atoms with E-state index in [0.29, 0.717) is 32.2 Å². The maximum Gasteiger partial charge on any atom is 0.228 e. The van der Waals surface area contributed by atoms with Gasteiger partial charge in [-0.15, -0.1) is 11.6 Å². The molecule has 0 radical (unpaired) electrons. The average Bonchev–Trinajstić information content (AvgIpc) is 2.82. The summed E-state index contributed by atoms with van der Waals surface area (Å²) in [6.07, 6.45) is 0.818. The van der Waals surface area contributed by atoms with Crippen LogP contribution in [0.1, 0.15) is 13.3 Å². The first-order valence-electron chi connectivity index (χ1n) is 5.78. The summed E-state index contributed by atoms with van der Waals surface area (Å²) in [4.78, 5) is 14.1. The first kappa shape index (κ1) is 12.1. The average molecular weight is 248 g/mol. The van der Waals surface area contributed by atoms with Crippen molar-refractivity contribution in [3.05, 3.63) is 0 Å². The molecule has 0 bridgehead atoms. The van der Waals surface area contributed by atoms with Gasteiger partial charge in [0.05, 0.1) is 37.2 Å². The van der Waals surface area contributed by atoms with Crippen molar-refractivity contribution in [1.29, 1.82) is 0 Å². The number of alkyl halides is 1. The van der Waals surface area contributed by atoms with Crippen molar-refractivity contribution in [2.75, 3.05) is 32.2 Å². The van der Waals surface area contributed by atoms with E-state index < -0.39 is 0 Å². The van der Waals surface area contributed by atoms with Gasteiger partial charge in [0.2, 0.25) is 5.91 Å². The predicted octanol–water partition coefficient (Wildman–Crippen LogP) is 0.878. The highest BCUT2D eigenvalue weighted by Gasteiger charge is 2.34. The zero-order chi connectivity index (χ0) is 11.5. The molecule has 2 heterocycles. The van der Waals surface area contributed by atoms with Crippen molar-refractivity contribution in [3.8, 4) is 0 Å². The Bertz CT molecular complexity index is 256. The summed E-state index contributed by atoms with van der Waals surface area (Å²) in [6, 6.07) is 0.146. The topological polar surface area (TPSA) is 38.8 Å². The van der Waals surface area contributed by atoms with E-state index in [0.717, 1.165) is 6.42 Å². The van der Waals surface area contributed by atoms with E-state index >= 15 is 0 Å². The molecular formula is C11H18ClNO3. The number of rotatable bonds is 2. The van der Waals surface area contributed by atoms with Gasteiger partial charge in [0.15, 0.2) is 0 Å². The molecule has 3 unspecified atom stereocenters. The molecule has 0 aromatic carbocycles. The highest BCUT2D eigenvalue weighted by atomic mass is 35.5. The van der Waals surface area contributed by atoms with Crippen LogP contribution in [0.3, 0.4) is 0 Å². The first-order chi connectivity index (χ1) is 7.72. The molecule has 0 spiro atoms. The zero-order valence-electron chi connectivity index (χ0n) is 9.52. The molecule has 92 valence electrons. The summed E-state index contributed by atoms with van der Waals surface area (Å²) in [5.41, 5.74) is 0. The molecule has 0 aromatic rings. The Hall–Kier alpha value is -0.320. The van der Waals surface area contributed by atoms with Crippen molar-refractivity contribution in [2.45, 2.75) is 25.5 Å². The molecule has 2 aliphatic rings. The molecule has 2 rings (SSSR count). The monoisotopic (exact) mass is 247 g/mol. The van der Waals surface area contributed by atoms with Gasteiger partial charge in [0.25, 0.3) is 0 Å². The van der Waals surface area contributed by atoms with Gasteiger partial charge in [0.1, 0.15) is 0 Å².